The number of hydrogen-bond donors (Lipinski definition) is 1. The molecule has 1 aromatic carbocycles. The number of thioether (sulfide) groups is 1. The predicted octanol–water partition coefficient (Wildman–Crippen LogP) is 3.59. The first-order valence-electron chi connectivity index (χ1n) is 4.16. The Bertz CT molecular complexity index is 424. The number of benzene rings is 1. The van der Waals surface area contributed by atoms with Gasteiger partial charge in [0.2, 0.25) is 0 Å². The van der Waals surface area contributed by atoms with E-state index in [2.05, 4.69) is 0 Å². The fraction of sp³-hybridized carbons (Fsp3) is 0.111. The summed E-state index contributed by atoms with van der Waals surface area (Å²) in [6, 6.07) is 4.59. The van der Waals surface area contributed by atoms with Crippen LogP contribution in [-0.2, 0) is 0 Å². The van der Waals surface area contributed by atoms with Crippen molar-refractivity contribution >= 4 is 46.3 Å². The first-order chi connectivity index (χ1) is 7.50. The molecule has 2 N–H and O–H groups in total. The molecule has 7 heteroatoms. The number of nitrogens with zero attached hydrogens (tertiary/aromatic N) is 1. The molecular formula is C9H8Cl2N2O2S. The van der Waals surface area contributed by atoms with E-state index >= 15 is 0 Å². The lowest BCUT2D eigenvalue weighted by molar-refractivity contribution is -0.384. The lowest BCUT2D eigenvalue weighted by Crippen LogP contribution is -1.95. The molecule has 0 aliphatic rings. The second-order valence-electron chi connectivity index (χ2n) is 2.76. The maximum Gasteiger partial charge on any atom is 0.293 e. The summed E-state index contributed by atoms with van der Waals surface area (Å²) < 4.78 is 0. The molecule has 0 spiro atoms. The summed E-state index contributed by atoms with van der Waals surface area (Å²) in [6.45, 7) is 0. The van der Waals surface area contributed by atoms with E-state index in [-0.39, 0.29) is 11.4 Å². The lowest BCUT2D eigenvalue weighted by Gasteiger charge is -1.99. The van der Waals surface area contributed by atoms with Gasteiger partial charge in [0.25, 0.3) is 5.69 Å². The average Bonchev–Trinajstić information content (AvgIpc) is 2.19. The molecule has 0 amide bonds. The summed E-state index contributed by atoms with van der Waals surface area (Å²) in [5, 5.41) is 12.3. The summed E-state index contributed by atoms with van der Waals surface area (Å²) in [4.78, 5) is 10.2. The van der Waals surface area contributed by atoms with E-state index in [0.29, 0.717) is 4.90 Å². The van der Waals surface area contributed by atoms with Crippen LogP contribution in [0.4, 0.5) is 11.4 Å². The van der Waals surface area contributed by atoms with Crippen LogP contribution in [0.1, 0.15) is 0 Å². The van der Waals surface area contributed by atoms with Gasteiger partial charge in [0.05, 0.1) is 4.92 Å². The van der Waals surface area contributed by atoms with Crippen molar-refractivity contribution in [3.05, 3.63) is 39.8 Å². The van der Waals surface area contributed by atoms with Crippen LogP contribution in [0.15, 0.2) is 34.6 Å². The number of rotatable bonds is 4. The fourth-order valence-electron chi connectivity index (χ4n) is 0.932. The highest BCUT2D eigenvalue weighted by atomic mass is 35.5. The predicted molar refractivity (Wildman–Crippen MR) is 68.0 cm³/mol. The molecule has 4 nitrogen and oxygen atoms in total. The third-order valence-corrected chi connectivity index (χ3v) is 2.74. The first-order valence-corrected chi connectivity index (χ1v) is 5.91. The van der Waals surface area contributed by atoms with Crippen molar-refractivity contribution in [1.29, 1.82) is 0 Å². The molecule has 0 saturated carbocycles. The molecule has 0 heterocycles. The average molecular weight is 279 g/mol. The molecule has 0 bridgehead atoms. The molecule has 86 valence electrons. The molecule has 0 aliphatic heterocycles. The van der Waals surface area contributed by atoms with Gasteiger partial charge in [-0.05, 0) is 23.6 Å². The van der Waals surface area contributed by atoms with Gasteiger partial charge in [0, 0.05) is 11.0 Å². The number of anilines is 1. The lowest BCUT2D eigenvalue weighted by atomic mass is 10.3. The Hall–Kier alpha value is -0.910. The third kappa shape index (κ3) is 3.92. The summed E-state index contributed by atoms with van der Waals surface area (Å²) in [5.74, 6) is 0. The quantitative estimate of drug-likeness (QED) is 0.300. The van der Waals surface area contributed by atoms with Crippen molar-refractivity contribution in [2.24, 2.45) is 0 Å². The normalized spacial score (nSPS) is 11.2. The zero-order valence-corrected chi connectivity index (χ0v) is 10.3. The zero-order valence-electron chi connectivity index (χ0n) is 7.97. The second kappa shape index (κ2) is 5.98. The van der Waals surface area contributed by atoms with Gasteiger partial charge >= 0.3 is 0 Å². The number of nitrogen functional groups attached to an aromatic ring is 1. The minimum absolute atomic E-state index is 0.105. The Morgan fingerprint density at radius 3 is 2.75 bits per heavy atom. The van der Waals surface area contributed by atoms with Gasteiger partial charge in [-0.15, -0.1) is 23.2 Å². The molecule has 0 unspecified atom stereocenters. The Labute approximate surface area is 107 Å². The Morgan fingerprint density at radius 2 is 2.19 bits per heavy atom. The van der Waals surface area contributed by atoms with Crippen LogP contribution >= 0.6 is 35.0 Å². The van der Waals surface area contributed by atoms with Gasteiger partial charge in [-0.25, -0.2) is 0 Å². The molecule has 0 saturated heterocycles. The van der Waals surface area contributed by atoms with Gasteiger partial charge in [0.15, 0.2) is 0 Å². The number of alkyl halides is 2. The van der Waals surface area contributed by atoms with E-state index in [1.54, 1.807) is 17.6 Å². The summed E-state index contributed by atoms with van der Waals surface area (Å²) in [5.41, 5.74) is 5.50. The van der Waals surface area contributed by atoms with Crippen LogP contribution in [0.2, 0.25) is 0 Å². The Kier molecular flexibility index (Phi) is 4.92. The summed E-state index contributed by atoms with van der Waals surface area (Å²) >= 11 is 12.3. The second-order valence-corrected chi connectivity index (χ2v) is 4.90. The van der Waals surface area contributed by atoms with Crippen LogP contribution in [0.25, 0.3) is 0 Å². The highest BCUT2D eigenvalue weighted by Crippen LogP contribution is 2.28. The number of nitrogens with two attached hydrogens (primary N) is 1. The van der Waals surface area contributed by atoms with Gasteiger partial charge in [0.1, 0.15) is 10.5 Å². The van der Waals surface area contributed by atoms with Crippen LogP contribution in [0.5, 0.6) is 0 Å². The number of allylic oxidation sites excluding steroid dienone is 1. The minimum Gasteiger partial charge on any atom is -0.393 e. The van der Waals surface area contributed by atoms with E-state index in [4.69, 9.17) is 28.9 Å². The number of halogens is 2. The van der Waals surface area contributed by atoms with E-state index in [1.807, 2.05) is 0 Å². The van der Waals surface area contributed by atoms with E-state index < -0.39 is 9.76 Å². The SMILES string of the molecule is Nc1ccc(S/C=C\C(Cl)Cl)cc1[N+](=O)[O-]. The molecule has 16 heavy (non-hydrogen) atoms. The van der Waals surface area contributed by atoms with Crippen LogP contribution < -0.4 is 5.73 Å². The fourth-order valence-corrected chi connectivity index (χ4v) is 1.97. The highest BCUT2D eigenvalue weighted by Gasteiger charge is 2.11. The molecule has 1 aromatic rings. The van der Waals surface area contributed by atoms with Crippen LogP contribution in [0, 0.1) is 10.1 Å². The zero-order chi connectivity index (χ0) is 12.1. The smallest absolute Gasteiger partial charge is 0.293 e. The third-order valence-electron chi connectivity index (χ3n) is 1.63. The summed E-state index contributed by atoms with van der Waals surface area (Å²) in [6.07, 6.45) is 1.57. The number of nitro benzene ring substituents is 1. The topological polar surface area (TPSA) is 69.2 Å². The van der Waals surface area contributed by atoms with Crippen molar-refractivity contribution in [1.82, 2.24) is 0 Å². The Balaban J connectivity index is 2.83. The van der Waals surface area contributed by atoms with Crippen LogP contribution in [-0.4, -0.2) is 9.76 Å². The van der Waals surface area contributed by atoms with Crippen molar-refractivity contribution in [3.8, 4) is 0 Å². The molecule has 0 aromatic heterocycles. The maximum atomic E-state index is 10.6. The van der Waals surface area contributed by atoms with Crippen molar-refractivity contribution in [3.63, 3.8) is 0 Å². The monoisotopic (exact) mass is 278 g/mol. The van der Waals surface area contributed by atoms with Gasteiger partial charge < -0.3 is 5.73 Å². The molecular weight excluding hydrogens is 271 g/mol. The van der Waals surface area contributed by atoms with E-state index in [1.165, 1.54) is 23.9 Å². The number of nitro groups is 1. The number of hydrogen-bond acceptors (Lipinski definition) is 4. The standard InChI is InChI=1S/C9H8Cl2N2O2S/c10-9(11)3-4-16-6-1-2-7(12)8(5-6)13(14)15/h1-5,9H,12H2/b4-3-. The molecule has 0 atom stereocenters. The maximum absolute atomic E-state index is 10.6. The van der Waals surface area contributed by atoms with Gasteiger partial charge in [-0.3, -0.25) is 10.1 Å². The molecule has 1 rings (SSSR count). The largest absolute Gasteiger partial charge is 0.393 e. The first kappa shape index (κ1) is 13.2. The van der Waals surface area contributed by atoms with Crippen molar-refractivity contribution in [2.75, 3.05) is 5.73 Å². The molecule has 0 radical (unpaired) electrons. The van der Waals surface area contributed by atoms with Crippen LogP contribution in [0.3, 0.4) is 0 Å². The Morgan fingerprint density at radius 1 is 1.50 bits per heavy atom. The van der Waals surface area contributed by atoms with Crippen molar-refractivity contribution in [2.45, 2.75) is 9.73 Å². The molecule has 0 fully saturated rings. The van der Waals surface area contributed by atoms with E-state index in [9.17, 15) is 10.1 Å². The van der Waals surface area contributed by atoms with Gasteiger partial charge in [-0.2, -0.15) is 0 Å². The molecule has 0 aliphatic carbocycles. The van der Waals surface area contributed by atoms with Crippen molar-refractivity contribution < 1.29 is 4.92 Å². The van der Waals surface area contributed by atoms with E-state index in [0.717, 1.165) is 0 Å². The van der Waals surface area contributed by atoms with Gasteiger partial charge in [-0.1, -0.05) is 11.8 Å². The minimum atomic E-state index is -0.587. The highest BCUT2D eigenvalue weighted by molar-refractivity contribution is 8.02. The summed E-state index contributed by atoms with van der Waals surface area (Å²) in [7, 11) is 0.